The molecule has 0 saturated carbocycles. The number of hydrogen-bond acceptors (Lipinski definition) is 4. The molecule has 0 bridgehead atoms. The second-order valence-corrected chi connectivity index (χ2v) is 6.17. The first-order valence-corrected chi connectivity index (χ1v) is 8.27. The van der Waals surface area contributed by atoms with E-state index < -0.39 is 11.7 Å². The Balaban J connectivity index is 1.73. The largest absolute Gasteiger partial charge is 0.417 e. The van der Waals surface area contributed by atoms with Crippen molar-refractivity contribution in [3.8, 4) is 5.82 Å². The third-order valence-corrected chi connectivity index (χ3v) is 3.96. The van der Waals surface area contributed by atoms with Crippen LogP contribution in [0.3, 0.4) is 0 Å². The summed E-state index contributed by atoms with van der Waals surface area (Å²) >= 11 is 11.7. The van der Waals surface area contributed by atoms with Gasteiger partial charge in [-0.3, -0.25) is 0 Å². The molecular weight excluding hydrogens is 404 g/mol. The number of benzene rings is 1. The molecule has 0 N–H and O–H groups in total. The van der Waals surface area contributed by atoms with Gasteiger partial charge in [0, 0.05) is 11.2 Å². The summed E-state index contributed by atoms with van der Waals surface area (Å²) in [5.41, 5.74) is 0.364. The van der Waals surface area contributed by atoms with Crippen molar-refractivity contribution >= 4 is 29.4 Å². The predicted octanol–water partition coefficient (Wildman–Crippen LogP) is 5.14. The normalized spacial score (nSPS) is 11.9. The van der Waals surface area contributed by atoms with Crippen molar-refractivity contribution in [1.29, 1.82) is 0 Å². The zero-order valence-electron chi connectivity index (χ0n) is 13.5. The van der Waals surface area contributed by atoms with Crippen molar-refractivity contribution in [3.05, 3.63) is 75.7 Å². The predicted molar refractivity (Wildman–Crippen MR) is 95.2 cm³/mol. The highest BCUT2D eigenvalue weighted by atomic mass is 35.5. The summed E-state index contributed by atoms with van der Waals surface area (Å²) in [5.74, 6) is 0.0498. The molecule has 3 rings (SSSR count). The third kappa shape index (κ3) is 4.78. The zero-order valence-corrected chi connectivity index (χ0v) is 15.0. The first-order chi connectivity index (χ1) is 12.8. The van der Waals surface area contributed by atoms with Gasteiger partial charge in [0.25, 0.3) is 0 Å². The average molecular weight is 415 g/mol. The minimum absolute atomic E-state index is 0.0498. The van der Waals surface area contributed by atoms with Crippen LogP contribution in [0.5, 0.6) is 0 Å². The Hall–Kier alpha value is -2.58. The van der Waals surface area contributed by atoms with E-state index in [-0.39, 0.29) is 17.4 Å². The van der Waals surface area contributed by atoms with Gasteiger partial charge < -0.3 is 4.84 Å². The van der Waals surface area contributed by atoms with E-state index in [1.807, 2.05) is 0 Å². The minimum atomic E-state index is -4.53. The number of nitrogens with zero attached hydrogens (tertiary/aromatic N) is 4. The summed E-state index contributed by atoms with van der Waals surface area (Å²) < 4.78 is 39.4. The SMILES string of the molecule is FC(F)(F)c1cnc(-n2nccc2C=NOCc2ccc(Cl)cc2)c(Cl)c1. The van der Waals surface area contributed by atoms with Crippen molar-refractivity contribution < 1.29 is 18.0 Å². The van der Waals surface area contributed by atoms with Gasteiger partial charge in [0.2, 0.25) is 0 Å². The molecule has 0 amide bonds. The van der Waals surface area contributed by atoms with E-state index in [1.165, 1.54) is 17.1 Å². The number of pyridine rings is 1. The number of oxime groups is 1. The summed E-state index contributed by atoms with van der Waals surface area (Å²) in [7, 11) is 0. The van der Waals surface area contributed by atoms with Gasteiger partial charge in [-0.1, -0.05) is 40.5 Å². The van der Waals surface area contributed by atoms with Crippen LogP contribution >= 0.6 is 23.2 Å². The van der Waals surface area contributed by atoms with Crippen LogP contribution in [0.25, 0.3) is 5.82 Å². The second kappa shape index (κ2) is 7.98. The Bertz CT molecular complexity index is 956. The summed E-state index contributed by atoms with van der Waals surface area (Å²) in [6, 6.07) is 9.45. The topological polar surface area (TPSA) is 52.3 Å². The standard InChI is InChI=1S/C17H11Cl2F3N4O/c18-13-3-1-11(2-4-13)10-27-25-9-14-5-6-24-26(14)16-15(19)7-12(8-23-16)17(20,21)22/h1-9H,10H2. The molecule has 0 atom stereocenters. The maximum absolute atomic E-state index is 12.7. The molecule has 0 aliphatic rings. The highest BCUT2D eigenvalue weighted by Crippen LogP contribution is 2.31. The fraction of sp³-hybridized carbons (Fsp3) is 0.118. The van der Waals surface area contributed by atoms with Crippen molar-refractivity contribution in [2.45, 2.75) is 12.8 Å². The number of rotatable bonds is 5. The van der Waals surface area contributed by atoms with Crippen LogP contribution in [0.1, 0.15) is 16.8 Å². The lowest BCUT2D eigenvalue weighted by Crippen LogP contribution is -2.09. The Morgan fingerprint density at radius 2 is 1.89 bits per heavy atom. The first kappa shape index (κ1) is 19.2. The number of aromatic nitrogens is 3. The molecule has 3 aromatic rings. The van der Waals surface area contributed by atoms with Crippen LogP contribution in [-0.2, 0) is 17.6 Å². The Morgan fingerprint density at radius 3 is 2.56 bits per heavy atom. The molecule has 2 aromatic heterocycles. The fourth-order valence-electron chi connectivity index (χ4n) is 2.11. The minimum Gasteiger partial charge on any atom is -0.391 e. The van der Waals surface area contributed by atoms with Crippen molar-refractivity contribution in [2.24, 2.45) is 5.16 Å². The van der Waals surface area contributed by atoms with Crippen LogP contribution in [0.2, 0.25) is 10.0 Å². The summed E-state index contributed by atoms with van der Waals surface area (Å²) in [6.45, 7) is 0.223. The smallest absolute Gasteiger partial charge is 0.391 e. The first-order valence-electron chi connectivity index (χ1n) is 7.51. The number of hydrogen-bond donors (Lipinski definition) is 0. The van der Waals surface area contributed by atoms with Crippen molar-refractivity contribution in [1.82, 2.24) is 14.8 Å². The lowest BCUT2D eigenvalue weighted by atomic mass is 10.2. The lowest BCUT2D eigenvalue weighted by Gasteiger charge is -2.10. The van der Waals surface area contributed by atoms with Gasteiger partial charge in [-0.15, -0.1) is 0 Å². The van der Waals surface area contributed by atoms with E-state index in [9.17, 15) is 13.2 Å². The molecule has 2 heterocycles. The van der Waals surface area contributed by atoms with E-state index in [0.717, 1.165) is 11.6 Å². The molecule has 140 valence electrons. The van der Waals surface area contributed by atoms with Gasteiger partial charge in [-0.2, -0.15) is 18.3 Å². The van der Waals surface area contributed by atoms with Gasteiger partial charge in [0.1, 0.15) is 6.61 Å². The van der Waals surface area contributed by atoms with E-state index in [1.54, 1.807) is 30.3 Å². The molecule has 0 aliphatic heterocycles. The van der Waals surface area contributed by atoms with Crippen LogP contribution in [0, 0.1) is 0 Å². The van der Waals surface area contributed by atoms with Gasteiger partial charge in [0.05, 0.1) is 28.7 Å². The highest BCUT2D eigenvalue weighted by Gasteiger charge is 2.31. The molecule has 0 spiro atoms. The molecule has 10 heteroatoms. The quantitative estimate of drug-likeness (QED) is 0.428. The highest BCUT2D eigenvalue weighted by molar-refractivity contribution is 6.32. The Morgan fingerprint density at radius 1 is 1.15 bits per heavy atom. The van der Waals surface area contributed by atoms with E-state index in [0.29, 0.717) is 16.9 Å². The van der Waals surface area contributed by atoms with Crippen molar-refractivity contribution in [3.63, 3.8) is 0 Å². The molecule has 0 unspecified atom stereocenters. The summed E-state index contributed by atoms with van der Waals surface area (Å²) in [4.78, 5) is 8.97. The Kier molecular flexibility index (Phi) is 5.67. The van der Waals surface area contributed by atoms with Gasteiger partial charge in [-0.05, 0) is 29.8 Å². The van der Waals surface area contributed by atoms with Crippen LogP contribution < -0.4 is 0 Å². The average Bonchev–Trinajstić information content (AvgIpc) is 3.07. The lowest BCUT2D eigenvalue weighted by molar-refractivity contribution is -0.137. The molecule has 5 nitrogen and oxygen atoms in total. The second-order valence-electron chi connectivity index (χ2n) is 5.33. The monoisotopic (exact) mass is 414 g/mol. The van der Waals surface area contributed by atoms with Gasteiger partial charge in [0.15, 0.2) is 5.82 Å². The molecular formula is C17H11Cl2F3N4O. The van der Waals surface area contributed by atoms with Gasteiger partial charge in [-0.25, -0.2) is 9.67 Å². The number of halogens is 5. The van der Waals surface area contributed by atoms with Crippen LogP contribution in [0.15, 0.2) is 53.9 Å². The molecule has 27 heavy (non-hydrogen) atoms. The van der Waals surface area contributed by atoms with Crippen LogP contribution in [0.4, 0.5) is 13.2 Å². The summed E-state index contributed by atoms with van der Waals surface area (Å²) in [5, 5.41) is 8.28. The maximum Gasteiger partial charge on any atom is 0.417 e. The zero-order chi connectivity index (χ0) is 19.4. The third-order valence-electron chi connectivity index (χ3n) is 3.43. The van der Waals surface area contributed by atoms with Gasteiger partial charge >= 0.3 is 6.18 Å². The fourth-order valence-corrected chi connectivity index (χ4v) is 2.49. The van der Waals surface area contributed by atoms with E-state index in [4.69, 9.17) is 28.0 Å². The maximum atomic E-state index is 12.7. The molecule has 0 saturated heterocycles. The summed E-state index contributed by atoms with van der Waals surface area (Å²) in [6.07, 6.45) is -1.03. The number of alkyl halides is 3. The van der Waals surface area contributed by atoms with E-state index >= 15 is 0 Å². The molecule has 0 radical (unpaired) electrons. The van der Waals surface area contributed by atoms with E-state index in [2.05, 4.69) is 15.2 Å². The Labute approximate surface area is 162 Å². The molecule has 1 aromatic carbocycles. The molecule has 0 fully saturated rings. The molecule has 0 aliphatic carbocycles. The van der Waals surface area contributed by atoms with Crippen molar-refractivity contribution in [2.75, 3.05) is 0 Å². The van der Waals surface area contributed by atoms with Crippen LogP contribution in [-0.4, -0.2) is 21.0 Å².